The van der Waals surface area contributed by atoms with Crippen LogP contribution >= 0.6 is 0 Å². The number of hydrogen-bond donors (Lipinski definition) is 0. The van der Waals surface area contributed by atoms with Crippen LogP contribution in [0.3, 0.4) is 0 Å². The van der Waals surface area contributed by atoms with E-state index in [0.717, 1.165) is 31.3 Å². The van der Waals surface area contributed by atoms with E-state index < -0.39 is 0 Å². The van der Waals surface area contributed by atoms with Gasteiger partial charge in [-0.05, 0) is 5.56 Å². The molecule has 0 radical (unpaired) electrons. The van der Waals surface area contributed by atoms with Crippen LogP contribution in [0.2, 0.25) is 0 Å². The Kier molecular flexibility index (Phi) is 3.22. The topological polar surface area (TPSA) is 35.3 Å². The highest BCUT2D eigenvalue weighted by atomic mass is 15.4. The molecule has 0 N–H and O–H groups in total. The minimum Gasteiger partial charge on any atom is -0.358 e. The van der Waals surface area contributed by atoms with E-state index in [2.05, 4.69) is 69.1 Å². The van der Waals surface area contributed by atoms with E-state index >= 15 is 0 Å². The summed E-state index contributed by atoms with van der Waals surface area (Å²) >= 11 is 0. The Bertz CT molecular complexity index is 672. The highest BCUT2D eigenvalue weighted by Crippen LogP contribution is 2.35. The van der Waals surface area contributed by atoms with Gasteiger partial charge in [0.1, 0.15) is 18.0 Å². The fraction of sp³-hybridized carbons (Fsp3) is 0.412. The first kappa shape index (κ1) is 13.5. The quantitative estimate of drug-likeness (QED) is 0.806. The third-order valence-electron chi connectivity index (χ3n) is 4.56. The van der Waals surface area contributed by atoms with Crippen molar-refractivity contribution in [2.45, 2.75) is 19.1 Å². The molecule has 2 atom stereocenters. The molecular formula is C17H21N5. The summed E-state index contributed by atoms with van der Waals surface area (Å²) in [5.41, 5.74) is 2.55. The van der Waals surface area contributed by atoms with E-state index in [9.17, 15) is 0 Å². The summed E-state index contributed by atoms with van der Waals surface area (Å²) in [7, 11) is 4.24. The second-order valence-electron chi connectivity index (χ2n) is 6.30. The third-order valence-corrected chi connectivity index (χ3v) is 4.56. The molecule has 22 heavy (non-hydrogen) atoms. The van der Waals surface area contributed by atoms with E-state index in [4.69, 9.17) is 0 Å². The molecule has 5 heteroatoms. The molecule has 5 nitrogen and oxygen atoms in total. The maximum Gasteiger partial charge on any atom is 0.138 e. The van der Waals surface area contributed by atoms with Crippen LogP contribution in [0.4, 0.5) is 11.6 Å². The zero-order valence-corrected chi connectivity index (χ0v) is 13.1. The smallest absolute Gasteiger partial charge is 0.138 e. The Balaban J connectivity index is 1.66. The fourth-order valence-corrected chi connectivity index (χ4v) is 3.32. The Hall–Kier alpha value is -2.14. The molecule has 0 spiro atoms. The molecule has 0 aliphatic carbocycles. The molecule has 2 aromatic rings. The van der Waals surface area contributed by atoms with Crippen molar-refractivity contribution in [2.24, 2.45) is 0 Å². The zero-order valence-electron chi connectivity index (χ0n) is 13.1. The minimum absolute atomic E-state index is 0.687. The average Bonchev–Trinajstić information content (AvgIpc) is 3.26. The summed E-state index contributed by atoms with van der Waals surface area (Å²) in [5.74, 6) is 2.13. The second kappa shape index (κ2) is 5.25. The van der Waals surface area contributed by atoms with Crippen molar-refractivity contribution in [1.82, 2.24) is 14.9 Å². The van der Waals surface area contributed by atoms with Gasteiger partial charge in [0, 0.05) is 46.3 Å². The van der Waals surface area contributed by atoms with Crippen LogP contribution in [-0.4, -0.2) is 48.1 Å². The molecule has 0 bridgehead atoms. The summed E-state index contributed by atoms with van der Waals surface area (Å²) in [4.78, 5) is 16.1. The van der Waals surface area contributed by atoms with Gasteiger partial charge in [-0.15, -0.1) is 0 Å². The van der Waals surface area contributed by atoms with Gasteiger partial charge in [-0.25, -0.2) is 9.97 Å². The maximum atomic E-state index is 4.58. The van der Waals surface area contributed by atoms with Crippen molar-refractivity contribution >= 4 is 11.6 Å². The van der Waals surface area contributed by atoms with E-state index in [1.165, 1.54) is 17.7 Å². The lowest BCUT2D eigenvalue weighted by atomic mass is 10.2. The Morgan fingerprint density at radius 2 is 2.00 bits per heavy atom. The van der Waals surface area contributed by atoms with E-state index in [-0.39, 0.29) is 0 Å². The summed E-state index contributed by atoms with van der Waals surface area (Å²) < 4.78 is 0. The SMILES string of the molecule is CN(Cc1ccccc1)c1ncnc2c1CN1C[C@@H]1CN2C. The van der Waals surface area contributed by atoms with Gasteiger partial charge in [0.15, 0.2) is 0 Å². The maximum absolute atomic E-state index is 4.58. The van der Waals surface area contributed by atoms with Crippen LogP contribution in [0.1, 0.15) is 11.1 Å². The minimum atomic E-state index is 0.687. The van der Waals surface area contributed by atoms with E-state index in [1.54, 1.807) is 6.33 Å². The number of nitrogens with zero attached hydrogens (tertiary/aromatic N) is 5. The Morgan fingerprint density at radius 1 is 1.18 bits per heavy atom. The molecule has 1 unspecified atom stereocenters. The number of aromatic nitrogens is 2. The van der Waals surface area contributed by atoms with Crippen LogP contribution < -0.4 is 9.80 Å². The molecule has 1 aromatic heterocycles. The largest absolute Gasteiger partial charge is 0.358 e. The summed E-state index contributed by atoms with van der Waals surface area (Å²) in [6, 6.07) is 11.2. The first-order valence-electron chi connectivity index (χ1n) is 7.76. The molecule has 0 amide bonds. The lowest BCUT2D eigenvalue weighted by molar-refractivity contribution is 0.512. The van der Waals surface area contributed by atoms with Crippen LogP contribution in [0, 0.1) is 0 Å². The van der Waals surface area contributed by atoms with Crippen molar-refractivity contribution in [2.75, 3.05) is 37.0 Å². The molecule has 114 valence electrons. The number of anilines is 2. The summed E-state index contributed by atoms with van der Waals surface area (Å²) in [6.07, 6.45) is 1.69. The molecule has 2 aliphatic rings. The highest BCUT2D eigenvalue weighted by molar-refractivity contribution is 5.60. The monoisotopic (exact) mass is 295 g/mol. The zero-order chi connectivity index (χ0) is 15.1. The van der Waals surface area contributed by atoms with E-state index in [1.807, 2.05) is 0 Å². The van der Waals surface area contributed by atoms with Crippen LogP contribution in [0.5, 0.6) is 0 Å². The molecule has 0 saturated carbocycles. The summed E-state index contributed by atoms with van der Waals surface area (Å²) in [6.45, 7) is 4.07. The Morgan fingerprint density at radius 3 is 2.82 bits per heavy atom. The van der Waals surface area contributed by atoms with Crippen molar-refractivity contribution < 1.29 is 0 Å². The number of fused-ring (bicyclic) bond motifs is 2. The number of benzene rings is 1. The highest BCUT2D eigenvalue weighted by Gasteiger charge is 2.39. The van der Waals surface area contributed by atoms with Crippen LogP contribution in [0.15, 0.2) is 36.7 Å². The second-order valence-corrected chi connectivity index (χ2v) is 6.30. The fourth-order valence-electron chi connectivity index (χ4n) is 3.32. The van der Waals surface area contributed by atoms with Gasteiger partial charge >= 0.3 is 0 Å². The first-order valence-corrected chi connectivity index (χ1v) is 7.76. The number of rotatable bonds is 3. The van der Waals surface area contributed by atoms with Gasteiger partial charge in [-0.1, -0.05) is 30.3 Å². The van der Waals surface area contributed by atoms with Crippen molar-refractivity contribution in [3.05, 3.63) is 47.8 Å². The van der Waals surface area contributed by atoms with Gasteiger partial charge in [0.25, 0.3) is 0 Å². The predicted octanol–water partition coefficient (Wildman–Crippen LogP) is 1.75. The van der Waals surface area contributed by atoms with Crippen molar-refractivity contribution in [1.29, 1.82) is 0 Å². The lowest BCUT2D eigenvalue weighted by Crippen LogP contribution is -2.25. The van der Waals surface area contributed by atoms with Gasteiger partial charge in [-0.3, -0.25) is 4.90 Å². The van der Waals surface area contributed by atoms with Crippen LogP contribution in [-0.2, 0) is 13.1 Å². The Labute approximate surface area is 131 Å². The number of hydrogen-bond acceptors (Lipinski definition) is 5. The third kappa shape index (κ3) is 2.41. The van der Waals surface area contributed by atoms with Crippen molar-refractivity contribution in [3.8, 4) is 0 Å². The molecular weight excluding hydrogens is 274 g/mol. The molecule has 2 aliphatic heterocycles. The standard InChI is InChI=1S/C17H21N5/c1-20(8-13-6-4-3-5-7-13)16-15-11-22-10-14(22)9-21(2)17(15)19-12-18-16/h3-7,12,14H,8-11H2,1-2H3/t14-,22?/m0/s1. The molecule has 1 fully saturated rings. The molecule has 4 rings (SSSR count). The molecule has 3 heterocycles. The first-order chi connectivity index (χ1) is 10.7. The summed E-state index contributed by atoms with van der Waals surface area (Å²) in [5, 5.41) is 0. The predicted molar refractivity (Wildman–Crippen MR) is 88.0 cm³/mol. The van der Waals surface area contributed by atoms with Gasteiger partial charge in [-0.2, -0.15) is 0 Å². The van der Waals surface area contributed by atoms with Gasteiger partial charge < -0.3 is 9.80 Å². The van der Waals surface area contributed by atoms with Crippen molar-refractivity contribution in [3.63, 3.8) is 0 Å². The normalized spacial score (nSPS) is 22.5. The van der Waals surface area contributed by atoms with E-state index in [0.29, 0.717) is 6.04 Å². The van der Waals surface area contributed by atoms with Gasteiger partial charge in [0.2, 0.25) is 0 Å². The van der Waals surface area contributed by atoms with Crippen LogP contribution in [0.25, 0.3) is 0 Å². The lowest BCUT2D eigenvalue weighted by Gasteiger charge is -2.24. The van der Waals surface area contributed by atoms with Gasteiger partial charge in [0.05, 0.1) is 5.56 Å². The number of likely N-dealkylation sites (N-methyl/N-ethyl adjacent to an activating group) is 1. The average molecular weight is 295 g/mol. The molecule has 1 saturated heterocycles. The molecule has 1 aromatic carbocycles.